The van der Waals surface area contributed by atoms with Crippen LogP contribution in [-0.2, 0) is 4.79 Å². The summed E-state index contributed by atoms with van der Waals surface area (Å²) < 4.78 is 5.45. The Morgan fingerprint density at radius 2 is 2.24 bits per heavy atom. The van der Waals surface area contributed by atoms with Crippen molar-refractivity contribution in [1.82, 2.24) is 5.32 Å². The van der Waals surface area contributed by atoms with Crippen molar-refractivity contribution in [1.29, 1.82) is 5.26 Å². The summed E-state index contributed by atoms with van der Waals surface area (Å²) in [7, 11) is 0. The van der Waals surface area contributed by atoms with Crippen LogP contribution < -0.4 is 11.1 Å². The Hall–Kier alpha value is -2.48. The average molecular weight is 283 g/mol. The molecule has 2 aliphatic rings. The number of nitrogens with two attached hydrogens (primary N) is 1. The van der Waals surface area contributed by atoms with Gasteiger partial charge in [-0.25, -0.2) is 0 Å². The second kappa shape index (κ2) is 4.52. The molecule has 3 N–H and O–H groups in total. The molecule has 1 aromatic heterocycles. The molecule has 1 aliphatic carbocycles. The molecule has 0 radical (unpaired) electrons. The fourth-order valence-corrected chi connectivity index (χ4v) is 3.18. The minimum atomic E-state index is -0.496. The van der Waals surface area contributed by atoms with Crippen LogP contribution in [-0.4, -0.2) is 5.78 Å². The minimum Gasteiger partial charge on any atom is -0.468 e. The Balaban J connectivity index is 2.17. The zero-order valence-corrected chi connectivity index (χ0v) is 12.1. The summed E-state index contributed by atoms with van der Waals surface area (Å²) >= 11 is 0. The molecule has 0 spiro atoms. The highest BCUT2D eigenvalue weighted by atomic mass is 16.3. The van der Waals surface area contributed by atoms with Gasteiger partial charge in [-0.05, 0) is 24.0 Å². The Morgan fingerprint density at radius 3 is 2.86 bits per heavy atom. The third-order valence-electron chi connectivity index (χ3n) is 4.02. The van der Waals surface area contributed by atoms with Crippen molar-refractivity contribution in [3.8, 4) is 6.07 Å². The van der Waals surface area contributed by atoms with Gasteiger partial charge in [0.2, 0.25) is 0 Å². The summed E-state index contributed by atoms with van der Waals surface area (Å²) in [5, 5.41) is 12.5. The minimum absolute atomic E-state index is 0.0513. The molecule has 0 saturated carbocycles. The molecule has 0 aromatic carbocycles. The second-order valence-electron chi connectivity index (χ2n) is 6.35. The summed E-state index contributed by atoms with van der Waals surface area (Å²) in [5.74, 6) is 0.444. The van der Waals surface area contributed by atoms with Crippen molar-refractivity contribution in [2.45, 2.75) is 32.6 Å². The van der Waals surface area contributed by atoms with Gasteiger partial charge in [0.05, 0.1) is 23.8 Å². The fourth-order valence-electron chi connectivity index (χ4n) is 3.18. The summed E-state index contributed by atoms with van der Waals surface area (Å²) in [6, 6.07) is 5.64. The Bertz CT molecular complexity index is 702. The Morgan fingerprint density at radius 1 is 1.48 bits per heavy atom. The molecular formula is C16H17N3O2. The highest BCUT2D eigenvalue weighted by molar-refractivity contribution is 6.00. The van der Waals surface area contributed by atoms with E-state index in [4.69, 9.17) is 10.2 Å². The molecule has 3 rings (SSSR count). The Kier molecular flexibility index (Phi) is 2.91. The lowest BCUT2D eigenvalue weighted by molar-refractivity contribution is -0.118. The molecule has 0 unspecified atom stereocenters. The van der Waals surface area contributed by atoms with Crippen molar-refractivity contribution in [3.63, 3.8) is 0 Å². The highest BCUT2D eigenvalue weighted by Gasteiger charge is 2.42. The number of rotatable bonds is 1. The molecular weight excluding hydrogens is 266 g/mol. The van der Waals surface area contributed by atoms with Gasteiger partial charge < -0.3 is 15.5 Å². The van der Waals surface area contributed by atoms with E-state index in [0.717, 1.165) is 12.1 Å². The normalized spacial score (nSPS) is 24.4. The van der Waals surface area contributed by atoms with Crippen LogP contribution in [0.5, 0.6) is 0 Å². The van der Waals surface area contributed by atoms with Gasteiger partial charge >= 0.3 is 0 Å². The van der Waals surface area contributed by atoms with Crippen LogP contribution in [0.2, 0.25) is 0 Å². The first-order chi connectivity index (χ1) is 9.93. The zero-order valence-electron chi connectivity index (χ0n) is 12.1. The number of allylic oxidation sites excluding steroid dienone is 3. The van der Waals surface area contributed by atoms with E-state index in [-0.39, 0.29) is 11.2 Å². The van der Waals surface area contributed by atoms with E-state index in [2.05, 4.69) is 25.2 Å². The number of carbonyl (C=O) groups is 1. The summed E-state index contributed by atoms with van der Waals surface area (Å²) in [4.78, 5) is 12.6. The number of Topliss-reactive ketones (excluding diaryl/α,β-unsaturated/α-hetero) is 1. The van der Waals surface area contributed by atoms with Gasteiger partial charge in [-0.1, -0.05) is 13.8 Å². The third kappa shape index (κ3) is 2.13. The summed E-state index contributed by atoms with van der Waals surface area (Å²) in [6.07, 6.45) is 2.73. The van der Waals surface area contributed by atoms with Crippen molar-refractivity contribution in [2.75, 3.05) is 0 Å². The molecule has 21 heavy (non-hydrogen) atoms. The standard InChI is InChI=1S/C16H17N3O2/c1-16(2)6-10-14(11(20)7-16)13(12-4-3-5-21-12)9(8-17)15(18)19-10/h3-5,13,19H,6-7,18H2,1-2H3/t13-/m1/s1. The molecule has 0 saturated heterocycles. The lowest BCUT2D eigenvalue weighted by atomic mass is 9.70. The number of hydrogen-bond acceptors (Lipinski definition) is 5. The van der Waals surface area contributed by atoms with Crippen molar-refractivity contribution >= 4 is 5.78 Å². The molecule has 0 fully saturated rings. The smallest absolute Gasteiger partial charge is 0.162 e. The molecule has 1 aliphatic heterocycles. The maximum atomic E-state index is 12.6. The van der Waals surface area contributed by atoms with Crippen molar-refractivity contribution < 1.29 is 9.21 Å². The third-order valence-corrected chi connectivity index (χ3v) is 4.02. The quantitative estimate of drug-likeness (QED) is 0.825. The van der Waals surface area contributed by atoms with Gasteiger partial charge in [-0.3, -0.25) is 4.79 Å². The van der Waals surface area contributed by atoms with Crippen LogP contribution in [0, 0.1) is 16.7 Å². The number of nitriles is 1. The predicted molar refractivity (Wildman–Crippen MR) is 76.5 cm³/mol. The molecule has 5 nitrogen and oxygen atoms in total. The van der Waals surface area contributed by atoms with Crippen LogP contribution in [0.3, 0.4) is 0 Å². The van der Waals surface area contributed by atoms with E-state index in [9.17, 15) is 10.1 Å². The summed E-state index contributed by atoms with van der Waals surface area (Å²) in [5.41, 5.74) is 7.65. The van der Waals surface area contributed by atoms with Gasteiger partial charge in [-0.2, -0.15) is 5.26 Å². The van der Waals surface area contributed by atoms with Crippen LogP contribution in [0.4, 0.5) is 0 Å². The van der Waals surface area contributed by atoms with E-state index < -0.39 is 5.92 Å². The molecule has 1 aromatic rings. The fraction of sp³-hybridized carbons (Fsp3) is 0.375. The molecule has 5 heteroatoms. The summed E-state index contributed by atoms with van der Waals surface area (Å²) in [6.45, 7) is 4.11. The maximum absolute atomic E-state index is 12.6. The lowest BCUT2D eigenvalue weighted by Crippen LogP contribution is -2.39. The number of dihydropyridines is 1. The molecule has 0 bridgehead atoms. The van der Waals surface area contributed by atoms with E-state index >= 15 is 0 Å². The van der Waals surface area contributed by atoms with Gasteiger partial charge in [-0.15, -0.1) is 0 Å². The van der Waals surface area contributed by atoms with Gasteiger partial charge in [0.25, 0.3) is 0 Å². The van der Waals surface area contributed by atoms with Crippen molar-refractivity contribution in [2.24, 2.45) is 11.1 Å². The molecule has 108 valence electrons. The van der Waals surface area contributed by atoms with Gasteiger partial charge in [0.15, 0.2) is 5.78 Å². The van der Waals surface area contributed by atoms with Crippen LogP contribution in [0.1, 0.15) is 38.4 Å². The first-order valence-corrected chi connectivity index (χ1v) is 6.89. The van der Waals surface area contributed by atoms with Gasteiger partial charge in [0.1, 0.15) is 11.6 Å². The van der Waals surface area contributed by atoms with E-state index in [1.54, 1.807) is 18.4 Å². The first kappa shape index (κ1) is 13.5. The largest absolute Gasteiger partial charge is 0.468 e. The van der Waals surface area contributed by atoms with Crippen LogP contribution >= 0.6 is 0 Å². The molecule has 2 heterocycles. The topological polar surface area (TPSA) is 92.0 Å². The van der Waals surface area contributed by atoms with Crippen LogP contribution in [0.25, 0.3) is 0 Å². The second-order valence-corrected chi connectivity index (χ2v) is 6.35. The number of hydrogen-bond donors (Lipinski definition) is 2. The Labute approximate surface area is 123 Å². The number of nitrogens with zero attached hydrogens (tertiary/aromatic N) is 1. The molecule has 1 atom stereocenters. The first-order valence-electron chi connectivity index (χ1n) is 6.89. The number of furan rings is 1. The monoisotopic (exact) mass is 283 g/mol. The average Bonchev–Trinajstić information content (AvgIpc) is 2.88. The number of nitrogens with one attached hydrogen (secondary N) is 1. The van der Waals surface area contributed by atoms with Crippen molar-refractivity contribution in [3.05, 3.63) is 46.8 Å². The number of ketones is 1. The SMILES string of the molecule is CC1(C)CC(=O)C2=C(C1)NC(N)=C(C#N)[C@@H]2c1ccco1. The predicted octanol–water partition coefficient (Wildman–Crippen LogP) is 2.30. The van der Waals surface area contributed by atoms with E-state index in [0.29, 0.717) is 29.1 Å². The molecule has 0 amide bonds. The van der Waals surface area contributed by atoms with E-state index in [1.165, 1.54) is 0 Å². The van der Waals surface area contributed by atoms with Gasteiger partial charge in [0, 0.05) is 17.7 Å². The number of carbonyl (C=O) groups excluding carboxylic acids is 1. The van der Waals surface area contributed by atoms with Crippen LogP contribution in [0.15, 0.2) is 45.5 Å². The van der Waals surface area contributed by atoms with E-state index in [1.807, 2.05) is 0 Å². The lowest BCUT2D eigenvalue weighted by Gasteiger charge is -2.37. The zero-order chi connectivity index (χ0) is 15.2. The highest BCUT2D eigenvalue weighted by Crippen LogP contribution is 2.45. The maximum Gasteiger partial charge on any atom is 0.162 e.